The maximum absolute atomic E-state index is 12.9. The summed E-state index contributed by atoms with van der Waals surface area (Å²) < 4.78 is 25.6. The first-order valence-corrected chi connectivity index (χ1v) is 4.77. The lowest BCUT2D eigenvalue weighted by molar-refractivity contribution is 0.509. The third-order valence-electron chi connectivity index (χ3n) is 2.08. The number of pyridine rings is 1. The molecule has 1 aromatic heterocycles. The standard InChI is InChI=1S/C12H7F2N3/c13-10-3-2-9(5-11(10)14)17-12-4-1-8(6-15)7-16-12/h1-5,7H,(H,16,17). The van der Waals surface area contributed by atoms with Crippen molar-refractivity contribution in [1.29, 1.82) is 5.26 Å². The van der Waals surface area contributed by atoms with Crippen molar-refractivity contribution in [2.24, 2.45) is 0 Å². The number of anilines is 2. The Morgan fingerprint density at radius 1 is 1.12 bits per heavy atom. The van der Waals surface area contributed by atoms with Crippen molar-refractivity contribution in [1.82, 2.24) is 4.98 Å². The molecule has 0 aliphatic heterocycles. The van der Waals surface area contributed by atoms with Gasteiger partial charge in [-0.05, 0) is 24.3 Å². The van der Waals surface area contributed by atoms with Crippen LogP contribution in [0, 0.1) is 23.0 Å². The summed E-state index contributed by atoms with van der Waals surface area (Å²) in [4.78, 5) is 3.95. The fourth-order valence-electron chi connectivity index (χ4n) is 1.26. The Morgan fingerprint density at radius 2 is 1.94 bits per heavy atom. The largest absolute Gasteiger partial charge is 0.340 e. The minimum absolute atomic E-state index is 0.390. The molecule has 1 aromatic carbocycles. The van der Waals surface area contributed by atoms with E-state index in [9.17, 15) is 8.78 Å². The number of nitrogens with zero attached hydrogens (tertiary/aromatic N) is 2. The van der Waals surface area contributed by atoms with Crippen LogP contribution in [0.15, 0.2) is 36.5 Å². The average Bonchev–Trinajstić information content (AvgIpc) is 2.35. The van der Waals surface area contributed by atoms with E-state index in [0.717, 1.165) is 12.1 Å². The van der Waals surface area contributed by atoms with E-state index < -0.39 is 11.6 Å². The molecule has 0 bridgehead atoms. The van der Waals surface area contributed by atoms with Crippen LogP contribution in [0.2, 0.25) is 0 Å². The van der Waals surface area contributed by atoms with Crippen molar-refractivity contribution >= 4 is 11.5 Å². The van der Waals surface area contributed by atoms with Crippen LogP contribution in [0.4, 0.5) is 20.3 Å². The van der Waals surface area contributed by atoms with E-state index in [-0.39, 0.29) is 0 Å². The van der Waals surface area contributed by atoms with Gasteiger partial charge in [-0.15, -0.1) is 0 Å². The average molecular weight is 231 g/mol. The van der Waals surface area contributed by atoms with Gasteiger partial charge < -0.3 is 5.32 Å². The van der Waals surface area contributed by atoms with Crippen LogP contribution >= 0.6 is 0 Å². The van der Waals surface area contributed by atoms with Gasteiger partial charge in [0.25, 0.3) is 0 Å². The summed E-state index contributed by atoms with van der Waals surface area (Å²) in [5.74, 6) is -1.37. The fourth-order valence-corrected chi connectivity index (χ4v) is 1.26. The van der Waals surface area contributed by atoms with Gasteiger partial charge in [0.15, 0.2) is 11.6 Å². The van der Waals surface area contributed by atoms with E-state index in [0.29, 0.717) is 17.1 Å². The zero-order valence-corrected chi connectivity index (χ0v) is 8.61. The van der Waals surface area contributed by atoms with Gasteiger partial charge in [-0.1, -0.05) is 0 Å². The third kappa shape index (κ3) is 2.55. The summed E-state index contributed by atoms with van der Waals surface area (Å²) in [5.41, 5.74) is 0.821. The van der Waals surface area contributed by atoms with Gasteiger partial charge in [0.05, 0.1) is 5.56 Å². The molecule has 0 aliphatic carbocycles. The molecular weight excluding hydrogens is 224 g/mol. The van der Waals surface area contributed by atoms with Crippen LogP contribution in [-0.4, -0.2) is 4.98 Å². The molecule has 1 heterocycles. The zero-order chi connectivity index (χ0) is 12.3. The highest BCUT2D eigenvalue weighted by atomic mass is 19.2. The van der Waals surface area contributed by atoms with Gasteiger partial charge in [0.1, 0.15) is 11.9 Å². The van der Waals surface area contributed by atoms with E-state index in [1.165, 1.54) is 12.3 Å². The van der Waals surface area contributed by atoms with Crippen molar-refractivity contribution in [3.63, 3.8) is 0 Å². The topological polar surface area (TPSA) is 48.7 Å². The predicted molar refractivity (Wildman–Crippen MR) is 58.6 cm³/mol. The molecule has 0 unspecified atom stereocenters. The highest BCUT2D eigenvalue weighted by molar-refractivity contribution is 5.56. The molecule has 0 atom stereocenters. The summed E-state index contributed by atoms with van der Waals surface area (Å²) in [6, 6.07) is 8.56. The van der Waals surface area contributed by atoms with Crippen LogP contribution in [0.1, 0.15) is 5.56 Å². The smallest absolute Gasteiger partial charge is 0.160 e. The molecule has 84 valence electrons. The van der Waals surface area contributed by atoms with Crippen molar-refractivity contribution in [3.05, 3.63) is 53.7 Å². The SMILES string of the molecule is N#Cc1ccc(Nc2ccc(F)c(F)c2)nc1. The Kier molecular flexibility index (Phi) is 2.97. The molecule has 17 heavy (non-hydrogen) atoms. The Labute approximate surface area is 96.3 Å². The molecular formula is C12H7F2N3. The van der Waals surface area contributed by atoms with Crippen molar-refractivity contribution < 1.29 is 8.78 Å². The van der Waals surface area contributed by atoms with Crippen molar-refractivity contribution in [2.75, 3.05) is 5.32 Å². The molecule has 0 amide bonds. The number of hydrogen-bond acceptors (Lipinski definition) is 3. The fraction of sp³-hybridized carbons (Fsp3) is 0. The second kappa shape index (κ2) is 4.58. The Morgan fingerprint density at radius 3 is 2.53 bits per heavy atom. The van der Waals surface area contributed by atoms with Crippen LogP contribution in [0.3, 0.4) is 0 Å². The van der Waals surface area contributed by atoms with E-state index in [2.05, 4.69) is 10.3 Å². The van der Waals surface area contributed by atoms with Crippen LogP contribution in [-0.2, 0) is 0 Å². The van der Waals surface area contributed by atoms with Gasteiger partial charge in [0.2, 0.25) is 0 Å². The number of nitriles is 1. The molecule has 5 heteroatoms. The van der Waals surface area contributed by atoms with Gasteiger partial charge in [-0.3, -0.25) is 0 Å². The molecule has 0 radical (unpaired) electrons. The Balaban J connectivity index is 2.20. The summed E-state index contributed by atoms with van der Waals surface area (Å²) in [7, 11) is 0. The lowest BCUT2D eigenvalue weighted by atomic mass is 10.3. The number of aromatic nitrogens is 1. The minimum Gasteiger partial charge on any atom is -0.340 e. The first kappa shape index (κ1) is 11.0. The highest BCUT2D eigenvalue weighted by Gasteiger charge is 2.03. The summed E-state index contributed by atoms with van der Waals surface area (Å²) >= 11 is 0. The van der Waals surface area contributed by atoms with Gasteiger partial charge in [-0.2, -0.15) is 5.26 Å². The maximum atomic E-state index is 12.9. The molecule has 2 rings (SSSR count). The maximum Gasteiger partial charge on any atom is 0.160 e. The van der Waals surface area contributed by atoms with Gasteiger partial charge in [0, 0.05) is 18.0 Å². The molecule has 0 fully saturated rings. The zero-order valence-electron chi connectivity index (χ0n) is 8.61. The summed E-state index contributed by atoms with van der Waals surface area (Å²) in [6.07, 6.45) is 1.39. The summed E-state index contributed by atoms with van der Waals surface area (Å²) in [5, 5.41) is 11.4. The van der Waals surface area contributed by atoms with Crippen molar-refractivity contribution in [2.45, 2.75) is 0 Å². The number of halogens is 2. The van der Waals surface area contributed by atoms with Crippen LogP contribution in [0.25, 0.3) is 0 Å². The van der Waals surface area contributed by atoms with Gasteiger partial charge >= 0.3 is 0 Å². The molecule has 2 aromatic rings. The highest BCUT2D eigenvalue weighted by Crippen LogP contribution is 2.17. The summed E-state index contributed by atoms with van der Waals surface area (Å²) in [6.45, 7) is 0. The molecule has 0 spiro atoms. The molecule has 0 saturated heterocycles. The molecule has 0 saturated carbocycles. The van der Waals surface area contributed by atoms with Crippen molar-refractivity contribution in [3.8, 4) is 6.07 Å². The monoisotopic (exact) mass is 231 g/mol. The van der Waals surface area contributed by atoms with Crippen LogP contribution in [0.5, 0.6) is 0 Å². The molecule has 0 aliphatic rings. The Bertz CT molecular complexity index is 573. The normalized spacial score (nSPS) is 9.71. The van der Waals surface area contributed by atoms with E-state index in [1.807, 2.05) is 6.07 Å². The second-order valence-corrected chi connectivity index (χ2v) is 3.30. The number of rotatable bonds is 2. The lowest BCUT2D eigenvalue weighted by Gasteiger charge is -2.05. The van der Waals surface area contributed by atoms with Crippen LogP contribution < -0.4 is 5.32 Å². The molecule has 3 nitrogen and oxygen atoms in total. The minimum atomic E-state index is -0.927. The Hall–Kier alpha value is -2.48. The number of hydrogen-bond donors (Lipinski definition) is 1. The molecule has 1 N–H and O–H groups in total. The van der Waals surface area contributed by atoms with E-state index in [4.69, 9.17) is 5.26 Å². The third-order valence-corrected chi connectivity index (χ3v) is 2.08. The first-order chi connectivity index (χ1) is 8.19. The van der Waals surface area contributed by atoms with E-state index >= 15 is 0 Å². The lowest BCUT2D eigenvalue weighted by Crippen LogP contribution is -1.95. The number of nitrogens with one attached hydrogen (secondary N) is 1. The first-order valence-electron chi connectivity index (χ1n) is 4.77. The predicted octanol–water partition coefficient (Wildman–Crippen LogP) is 2.98. The van der Waals surface area contributed by atoms with Gasteiger partial charge in [-0.25, -0.2) is 13.8 Å². The van der Waals surface area contributed by atoms with E-state index in [1.54, 1.807) is 12.1 Å². The second-order valence-electron chi connectivity index (χ2n) is 3.30. The number of benzene rings is 1. The quantitative estimate of drug-likeness (QED) is 0.864.